The molecule has 0 amide bonds. The predicted octanol–water partition coefficient (Wildman–Crippen LogP) is 16.8. The molecule has 0 aromatic heterocycles. The van der Waals surface area contributed by atoms with Crippen molar-refractivity contribution in [2.45, 2.75) is 156 Å². The topological polar surface area (TPSA) is 0 Å². The molecule has 0 aliphatic rings. The summed E-state index contributed by atoms with van der Waals surface area (Å²) < 4.78 is 675. The molecule has 0 aliphatic heterocycles. The molecule has 0 fully saturated rings. The van der Waals surface area contributed by atoms with E-state index in [0.29, 0.717) is 0 Å². The quantitative estimate of drug-likeness (QED) is 0.0895. The third kappa shape index (κ3) is 7.78. The van der Waals surface area contributed by atoms with E-state index >= 15 is 0 Å². The number of halogens is 49. The van der Waals surface area contributed by atoms with Crippen LogP contribution in [0.15, 0.2) is 0 Å². The Hall–Kier alpha value is -3.43. The van der Waals surface area contributed by atoms with Crippen LogP contribution in [-0.4, -0.2) is 142 Å². The van der Waals surface area contributed by atoms with Crippen molar-refractivity contribution in [2.75, 3.05) is 0 Å². The monoisotopic (exact) mass is 1260 g/mol. The third-order valence-electron chi connectivity index (χ3n) is 9.78. The molecular weight excluding hydrogens is 1260 g/mol. The molecule has 0 saturated carbocycles. The Morgan fingerprint density at radius 3 is 0.289 bits per heavy atom. The Kier molecular flexibility index (Phi) is 16.5. The first-order valence-corrected chi connectivity index (χ1v) is 16.5. The Balaban J connectivity index is 8.20. The molecule has 0 nitrogen and oxygen atoms in total. The second kappa shape index (κ2) is 17.3. The number of hydrogen-bond acceptors (Lipinski definition) is 0. The second-order valence-electron chi connectivity index (χ2n) is 14.9. The minimum atomic E-state index is -10.9. The summed E-state index contributed by atoms with van der Waals surface area (Å²) in [4.78, 5) is 0. The molecule has 0 bridgehead atoms. The maximum Gasteiger partial charge on any atom is 0.460 e. The van der Waals surface area contributed by atoms with Gasteiger partial charge in [-0.3, -0.25) is 0 Å². The molecule has 49 heteroatoms. The molecule has 0 saturated heterocycles. The van der Waals surface area contributed by atoms with Gasteiger partial charge in [-0.05, 0) is 0 Å². The average molecular weight is 1260 g/mol. The minimum absolute atomic E-state index is 0.543. The van der Waals surface area contributed by atoms with Gasteiger partial charge in [0.2, 0.25) is 0 Å². The first-order valence-electron chi connectivity index (χ1n) is 16.5. The summed E-state index contributed by atoms with van der Waals surface area (Å²) in [5, 5.41) is 0. The lowest BCUT2D eigenvalue weighted by molar-refractivity contribution is -0.498. The highest BCUT2D eigenvalue weighted by Crippen LogP contribution is 2.73. The molecule has 0 N–H and O–H groups in total. The van der Waals surface area contributed by atoms with Crippen molar-refractivity contribution >= 4 is 0 Å². The van der Waals surface area contributed by atoms with Gasteiger partial charge in [0.1, 0.15) is 0 Å². The first kappa shape index (κ1) is 72.6. The standard InChI is InChI=1S/C27H7F49/c1-3(2)4(28,29)5(30,31)6(32,33)7(34,35)8(36,37)9(38,39)10(40,41)11(42,43)12(44,45)13(46,47)14(48,49)15(50,51)16(52,53)17(54,55)18(56,57)19(58,59)20(60,61)21(62,63)22(64,65)23(66,67)24(68,69)25(70,71)26(72,73)27(74,75)76/h3H,1-2H3. The van der Waals surface area contributed by atoms with E-state index in [2.05, 4.69) is 0 Å². The summed E-state index contributed by atoms with van der Waals surface area (Å²) in [6.45, 7) is -1.09. The van der Waals surface area contributed by atoms with Gasteiger partial charge in [-0.15, -0.1) is 0 Å². The molecule has 0 aromatic carbocycles. The van der Waals surface area contributed by atoms with Crippen molar-refractivity contribution in [3.05, 3.63) is 0 Å². The van der Waals surface area contributed by atoms with Crippen LogP contribution in [-0.2, 0) is 0 Å². The van der Waals surface area contributed by atoms with Gasteiger partial charge in [-0.25, -0.2) is 0 Å². The van der Waals surface area contributed by atoms with Crippen LogP contribution in [0.5, 0.6) is 0 Å². The molecule has 0 heterocycles. The maximum absolute atomic E-state index is 14.1. The highest BCUT2D eigenvalue weighted by atomic mass is 19.4. The van der Waals surface area contributed by atoms with Gasteiger partial charge in [-0.1, -0.05) is 13.8 Å². The first-order chi connectivity index (χ1) is 31.7. The molecule has 0 spiro atoms. The van der Waals surface area contributed by atoms with E-state index in [9.17, 15) is 215 Å². The molecule has 76 heavy (non-hydrogen) atoms. The van der Waals surface area contributed by atoms with Gasteiger partial charge >= 0.3 is 142 Å². The Bertz CT molecular complexity index is 2080. The highest BCUT2D eigenvalue weighted by Gasteiger charge is 3.04. The fraction of sp³-hybridized carbons (Fsp3) is 1.00. The molecule has 458 valence electrons. The Morgan fingerprint density at radius 1 is 0.132 bits per heavy atom. The minimum Gasteiger partial charge on any atom is -0.199 e. The van der Waals surface area contributed by atoms with E-state index in [0.717, 1.165) is 0 Å². The lowest BCUT2D eigenvalue weighted by Crippen LogP contribution is -2.81. The van der Waals surface area contributed by atoms with Crippen molar-refractivity contribution < 1.29 is 215 Å². The van der Waals surface area contributed by atoms with Crippen LogP contribution in [0.2, 0.25) is 0 Å². The van der Waals surface area contributed by atoms with Crippen molar-refractivity contribution in [3.8, 4) is 0 Å². The van der Waals surface area contributed by atoms with Gasteiger partial charge in [0.05, 0.1) is 0 Å². The van der Waals surface area contributed by atoms with Crippen LogP contribution < -0.4 is 0 Å². The van der Waals surface area contributed by atoms with E-state index < -0.39 is 162 Å². The molecule has 0 aromatic rings. The highest BCUT2D eigenvalue weighted by molar-refractivity contribution is 5.25. The van der Waals surface area contributed by atoms with E-state index in [1.165, 1.54) is 0 Å². The molecule has 0 atom stereocenters. The Morgan fingerprint density at radius 2 is 0.211 bits per heavy atom. The van der Waals surface area contributed by atoms with Crippen molar-refractivity contribution in [3.63, 3.8) is 0 Å². The van der Waals surface area contributed by atoms with Gasteiger partial charge in [-0.2, -0.15) is 215 Å². The SMILES string of the molecule is CC(C)C(F)(F)C(F)(F)C(F)(F)C(F)(F)C(F)(F)C(F)(F)C(F)(F)C(F)(F)C(F)(F)C(F)(F)C(F)(F)C(F)(F)C(F)(F)C(F)(F)C(F)(F)C(F)(F)C(F)(F)C(F)(F)C(F)(F)C(F)(F)C(F)(F)C(F)(F)C(F)(F)C(F)(F)F. The van der Waals surface area contributed by atoms with Crippen molar-refractivity contribution in [1.82, 2.24) is 0 Å². The summed E-state index contributed by atoms with van der Waals surface area (Å²) in [5.41, 5.74) is 0. The molecular formula is C27H7F49. The van der Waals surface area contributed by atoms with Crippen LogP contribution in [0.25, 0.3) is 0 Å². The zero-order valence-corrected chi connectivity index (χ0v) is 33.1. The summed E-state index contributed by atoms with van der Waals surface area (Å²) in [7, 11) is 0. The largest absolute Gasteiger partial charge is 0.460 e. The van der Waals surface area contributed by atoms with Gasteiger partial charge in [0, 0.05) is 5.92 Å². The normalized spacial score (nSPS) is 17.5. The van der Waals surface area contributed by atoms with Crippen molar-refractivity contribution in [1.29, 1.82) is 0 Å². The lowest BCUT2D eigenvalue weighted by Gasteiger charge is -2.48. The fourth-order valence-corrected chi connectivity index (χ4v) is 4.69. The van der Waals surface area contributed by atoms with Crippen LogP contribution in [0.3, 0.4) is 0 Å². The Labute approximate surface area is 378 Å². The van der Waals surface area contributed by atoms with Crippen molar-refractivity contribution in [2.24, 2.45) is 5.92 Å². The van der Waals surface area contributed by atoms with E-state index in [1.807, 2.05) is 0 Å². The van der Waals surface area contributed by atoms with E-state index in [-0.39, 0.29) is 0 Å². The molecule has 0 unspecified atom stereocenters. The third-order valence-corrected chi connectivity index (χ3v) is 9.78. The smallest absolute Gasteiger partial charge is 0.199 e. The molecule has 0 rings (SSSR count). The van der Waals surface area contributed by atoms with E-state index in [4.69, 9.17) is 0 Å². The summed E-state index contributed by atoms with van der Waals surface area (Å²) in [6.07, 6.45) is -8.62. The van der Waals surface area contributed by atoms with Crippen LogP contribution in [0.1, 0.15) is 13.8 Å². The fourth-order valence-electron chi connectivity index (χ4n) is 4.69. The zero-order valence-electron chi connectivity index (χ0n) is 33.1. The van der Waals surface area contributed by atoms with Crippen LogP contribution >= 0.6 is 0 Å². The van der Waals surface area contributed by atoms with Gasteiger partial charge in [0.15, 0.2) is 0 Å². The molecule has 0 radical (unpaired) electrons. The summed E-state index contributed by atoms with van der Waals surface area (Å²) in [6, 6.07) is 0. The van der Waals surface area contributed by atoms with Crippen LogP contribution in [0.4, 0.5) is 215 Å². The molecule has 0 aliphatic carbocycles. The summed E-state index contributed by atoms with van der Waals surface area (Å²) >= 11 is 0. The lowest BCUT2D eigenvalue weighted by atomic mass is 9.81. The average Bonchev–Trinajstić information content (AvgIpc) is 3.18. The zero-order chi connectivity index (χ0) is 63.6. The predicted molar refractivity (Wildman–Crippen MR) is 135 cm³/mol. The maximum atomic E-state index is 14.1. The van der Waals surface area contributed by atoms with E-state index in [1.54, 1.807) is 0 Å². The van der Waals surface area contributed by atoms with Gasteiger partial charge in [0.25, 0.3) is 0 Å². The number of rotatable bonds is 23. The van der Waals surface area contributed by atoms with Gasteiger partial charge < -0.3 is 0 Å². The second-order valence-corrected chi connectivity index (χ2v) is 14.9. The summed E-state index contributed by atoms with van der Waals surface area (Å²) in [5.74, 6) is -238. The van der Waals surface area contributed by atoms with Crippen LogP contribution in [0, 0.1) is 5.92 Å². The number of hydrogen-bond donors (Lipinski definition) is 0. The number of alkyl halides is 49.